The Morgan fingerprint density at radius 2 is 1.97 bits per heavy atom. The second kappa shape index (κ2) is 8.78. The van der Waals surface area contributed by atoms with Crippen LogP contribution in [0.15, 0.2) is 45.7 Å². The Kier molecular flexibility index (Phi) is 6.38. The van der Waals surface area contributed by atoms with E-state index >= 15 is 0 Å². The second-order valence-electron chi connectivity index (χ2n) is 7.02. The summed E-state index contributed by atoms with van der Waals surface area (Å²) in [5.41, 5.74) is 5.45. The molecule has 1 heterocycles. The fourth-order valence-electron chi connectivity index (χ4n) is 3.39. The zero-order valence-electron chi connectivity index (χ0n) is 17.8. The predicted molar refractivity (Wildman–Crippen MR) is 122 cm³/mol. The third kappa shape index (κ3) is 4.35. The minimum atomic E-state index is -0.166. The Bertz CT molecular complexity index is 1100. The first-order chi connectivity index (χ1) is 13.8. The Balaban J connectivity index is 2.00. The number of allylic oxidation sites excluding steroid dienone is 1. The molecule has 0 radical (unpaired) electrons. The first-order valence-electron chi connectivity index (χ1n) is 9.65. The number of thioether (sulfide) groups is 1. The number of rotatable bonds is 6. The molecule has 0 saturated heterocycles. The van der Waals surface area contributed by atoms with Crippen molar-refractivity contribution in [2.24, 2.45) is 0 Å². The number of nitrogens with one attached hydrogen (secondary N) is 1. The molecule has 0 bridgehead atoms. The highest BCUT2D eigenvalue weighted by Gasteiger charge is 2.18. The topological polar surface area (TPSA) is 51.5 Å². The third-order valence-electron chi connectivity index (χ3n) is 5.04. The monoisotopic (exact) mass is 409 g/mol. The van der Waals surface area contributed by atoms with Crippen molar-refractivity contribution in [3.63, 3.8) is 0 Å². The molecule has 0 aliphatic heterocycles. The van der Waals surface area contributed by atoms with E-state index in [1.165, 1.54) is 0 Å². The van der Waals surface area contributed by atoms with E-state index in [2.05, 4.69) is 18.3 Å². The molecular formula is C24H27NO3S. The third-order valence-corrected chi connectivity index (χ3v) is 5.77. The quantitative estimate of drug-likeness (QED) is 0.372. The maximum atomic E-state index is 12.6. The van der Waals surface area contributed by atoms with Crippen LogP contribution in [0.1, 0.15) is 36.3 Å². The molecule has 1 amide bonds. The number of ether oxygens (including phenoxy) is 1. The fraction of sp³-hybridized carbons (Fsp3) is 0.292. The molecule has 0 aliphatic rings. The number of carbonyl (C=O) groups excluding carboxylic acids is 1. The van der Waals surface area contributed by atoms with E-state index < -0.39 is 0 Å². The van der Waals surface area contributed by atoms with Gasteiger partial charge in [0.2, 0.25) is 5.91 Å². The summed E-state index contributed by atoms with van der Waals surface area (Å²) in [5.74, 6) is 1.50. The van der Waals surface area contributed by atoms with Crippen LogP contribution in [-0.2, 0) is 4.79 Å². The summed E-state index contributed by atoms with van der Waals surface area (Å²) in [7, 11) is 0. The summed E-state index contributed by atoms with van der Waals surface area (Å²) in [6, 6.07) is 9.87. The fourth-order valence-corrected chi connectivity index (χ4v) is 3.85. The van der Waals surface area contributed by atoms with Crippen LogP contribution in [0.4, 0.5) is 5.69 Å². The lowest BCUT2D eigenvalue weighted by atomic mass is 9.98. The van der Waals surface area contributed by atoms with Gasteiger partial charge in [-0.2, -0.15) is 0 Å². The van der Waals surface area contributed by atoms with Crippen molar-refractivity contribution in [2.75, 3.05) is 18.2 Å². The lowest BCUT2D eigenvalue weighted by molar-refractivity contribution is -0.111. The number of hydrogen-bond donors (Lipinski definition) is 1. The summed E-state index contributed by atoms with van der Waals surface area (Å²) < 4.78 is 11.9. The molecule has 3 rings (SSSR count). The molecule has 4 nitrogen and oxygen atoms in total. The van der Waals surface area contributed by atoms with Crippen LogP contribution in [-0.4, -0.2) is 18.8 Å². The van der Waals surface area contributed by atoms with Gasteiger partial charge in [-0.1, -0.05) is 6.07 Å². The Morgan fingerprint density at radius 1 is 1.21 bits per heavy atom. The second-order valence-corrected chi connectivity index (χ2v) is 7.90. The van der Waals surface area contributed by atoms with Gasteiger partial charge in [0.1, 0.15) is 17.1 Å². The van der Waals surface area contributed by atoms with Crippen molar-refractivity contribution in [2.45, 2.75) is 39.5 Å². The molecule has 29 heavy (non-hydrogen) atoms. The normalized spacial score (nSPS) is 11.7. The van der Waals surface area contributed by atoms with E-state index in [1.54, 1.807) is 17.8 Å². The van der Waals surface area contributed by atoms with Crippen LogP contribution in [0.3, 0.4) is 0 Å². The minimum absolute atomic E-state index is 0.166. The summed E-state index contributed by atoms with van der Waals surface area (Å²) in [5, 5.41) is 4.00. The van der Waals surface area contributed by atoms with Gasteiger partial charge in [0, 0.05) is 33.2 Å². The number of anilines is 1. The number of aryl methyl sites for hydroxylation is 3. The van der Waals surface area contributed by atoms with Gasteiger partial charge in [0.15, 0.2) is 0 Å². The zero-order chi connectivity index (χ0) is 21.1. The molecule has 5 heteroatoms. The number of carbonyl (C=O) groups is 1. The van der Waals surface area contributed by atoms with Crippen molar-refractivity contribution in [3.05, 3.63) is 58.9 Å². The van der Waals surface area contributed by atoms with Crippen molar-refractivity contribution < 1.29 is 13.9 Å². The van der Waals surface area contributed by atoms with Crippen molar-refractivity contribution in [3.8, 4) is 5.75 Å². The molecular weight excluding hydrogens is 382 g/mol. The van der Waals surface area contributed by atoms with E-state index in [0.717, 1.165) is 55.3 Å². The van der Waals surface area contributed by atoms with E-state index in [9.17, 15) is 4.79 Å². The maximum Gasteiger partial charge on any atom is 0.248 e. The number of benzene rings is 2. The van der Waals surface area contributed by atoms with E-state index in [4.69, 9.17) is 9.15 Å². The molecule has 2 aromatic carbocycles. The predicted octanol–water partition coefficient (Wildman–Crippen LogP) is 6.52. The molecule has 1 N–H and O–H groups in total. The standard InChI is InChI=1S/C24H27NO3S/c1-7-27-23-16(4)24-21(15(3)17(5)28-24)13-20(23)14(2)11-22(26)25-18-9-8-10-19(12-18)29-6/h8-13H,7H2,1-6H3,(H,25,26)/b14-11+. The summed E-state index contributed by atoms with van der Waals surface area (Å²) in [6.45, 7) is 10.4. The smallest absolute Gasteiger partial charge is 0.248 e. The van der Waals surface area contributed by atoms with Gasteiger partial charge < -0.3 is 14.5 Å². The van der Waals surface area contributed by atoms with Crippen molar-refractivity contribution in [1.29, 1.82) is 0 Å². The van der Waals surface area contributed by atoms with Gasteiger partial charge in [0.25, 0.3) is 0 Å². The first-order valence-corrected chi connectivity index (χ1v) is 10.9. The average molecular weight is 410 g/mol. The van der Waals surface area contributed by atoms with Gasteiger partial charge in [-0.3, -0.25) is 4.79 Å². The summed E-state index contributed by atoms with van der Waals surface area (Å²) >= 11 is 1.64. The van der Waals surface area contributed by atoms with Gasteiger partial charge in [-0.15, -0.1) is 11.8 Å². The van der Waals surface area contributed by atoms with Crippen molar-refractivity contribution in [1.82, 2.24) is 0 Å². The maximum absolute atomic E-state index is 12.6. The summed E-state index contributed by atoms with van der Waals surface area (Å²) in [6.07, 6.45) is 3.63. The van der Waals surface area contributed by atoms with Gasteiger partial charge in [-0.25, -0.2) is 0 Å². The average Bonchev–Trinajstić information content (AvgIpc) is 2.98. The first kappa shape index (κ1) is 21.1. The Morgan fingerprint density at radius 3 is 2.66 bits per heavy atom. The van der Waals surface area contributed by atoms with Gasteiger partial charge in [-0.05, 0) is 76.3 Å². The van der Waals surface area contributed by atoms with Gasteiger partial charge in [0.05, 0.1) is 6.61 Å². The Hall–Kier alpha value is -2.66. The number of fused-ring (bicyclic) bond motifs is 1. The SMILES string of the molecule is CCOc1c(/C(C)=C/C(=O)Nc2cccc(SC)c2)cc2c(C)c(C)oc2c1C. The molecule has 3 aromatic rings. The number of furan rings is 1. The molecule has 0 aliphatic carbocycles. The lowest BCUT2D eigenvalue weighted by Crippen LogP contribution is -2.09. The highest BCUT2D eigenvalue weighted by atomic mass is 32.2. The molecule has 0 saturated carbocycles. The summed E-state index contributed by atoms with van der Waals surface area (Å²) in [4.78, 5) is 13.7. The highest BCUT2D eigenvalue weighted by molar-refractivity contribution is 7.98. The molecule has 1 aromatic heterocycles. The van der Waals surface area contributed by atoms with E-state index in [-0.39, 0.29) is 5.91 Å². The minimum Gasteiger partial charge on any atom is -0.493 e. The van der Waals surface area contributed by atoms with Crippen LogP contribution < -0.4 is 10.1 Å². The largest absolute Gasteiger partial charge is 0.493 e. The van der Waals surface area contributed by atoms with Gasteiger partial charge >= 0.3 is 0 Å². The molecule has 0 fully saturated rings. The van der Waals surface area contributed by atoms with Crippen LogP contribution >= 0.6 is 11.8 Å². The van der Waals surface area contributed by atoms with Crippen LogP contribution in [0.25, 0.3) is 16.5 Å². The molecule has 0 spiro atoms. The molecule has 152 valence electrons. The van der Waals surface area contributed by atoms with Crippen LogP contribution in [0, 0.1) is 20.8 Å². The number of hydrogen-bond acceptors (Lipinski definition) is 4. The lowest BCUT2D eigenvalue weighted by Gasteiger charge is -2.14. The van der Waals surface area contributed by atoms with Crippen LogP contribution in [0.5, 0.6) is 5.75 Å². The zero-order valence-corrected chi connectivity index (χ0v) is 18.6. The Labute approximate surface area is 176 Å². The van der Waals surface area contributed by atoms with Crippen molar-refractivity contribution >= 4 is 39.9 Å². The van der Waals surface area contributed by atoms with E-state index in [0.29, 0.717) is 6.61 Å². The number of amides is 1. The highest BCUT2D eigenvalue weighted by Crippen LogP contribution is 2.38. The molecule has 0 unspecified atom stereocenters. The van der Waals surface area contributed by atoms with Crippen LogP contribution in [0.2, 0.25) is 0 Å². The van der Waals surface area contributed by atoms with E-state index in [1.807, 2.05) is 58.2 Å². The molecule has 0 atom stereocenters.